The molecule has 24 heavy (non-hydrogen) atoms. The Morgan fingerprint density at radius 1 is 1.12 bits per heavy atom. The summed E-state index contributed by atoms with van der Waals surface area (Å²) >= 11 is 0. The quantitative estimate of drug-likeness (QED) is 0.803. The number of benzene rings is 2. The van der Waals surface area contributed by atoms with Gasteiger partial charge in [0.15, 0.2) is 0 Å². The van der Waals surface area contributed by atoms with Crippen LogP contribution in [0.15, 0.2) is 58.9 Å². The largest absolute Gasteiger partial charge is 0.297 e. The summed E-state index contributed by atoms with van der Waals surface area (Å²) in [6.45, 7) is 1.18. The average molecular weight is 322 g/mol. The van der Waals surface area contributed by atoms with Gasteiger partial charge in [0.1, 0.15) is 12.2 Å². The number of hydrogen-bond acceptors (Lipinski definition) is 5. The summed E-state index contributed by atoms with van der Waals surface area (Å²) in [5.74, 6) is -0.234. The van der Waals surface area contributed by atoms with E-state index in [0.29, 0.717) is 13.1 Å². The number of hydrazine groups is 1. The van der Waals surface area contributed by atoms with Crippen LogP contribution in [0.5, 0.6) is 0 Å². The van der Waals surface area contributed by atoms with E-state index in [2.05, 4.69) is 20.7 Å². The molecule has 0 unspecified atom stereocenters. The molecular weight excluding hydrogens is 307 g/mol. The molecule has 0 aliphatic carbocycles. The molecule has 3 aromatic rings. The Kier molecular flexibility index (Phi) is 3.66. The van der Waals surface area contributed by atoms with Gasteiger partial charge < -0.3 is 0 Å². The molecule has 0 atom stereocenters. The first-order valence-corrected chi connectivity index (χ1v) is 7.56. The maximum Gasteiger partial charge on any atom is 0.132 e. The molecule has 1 N–H and O–H groups in total. The predicted octanol–water partition coefficient (Wildman–Crippen LogP) is 2.88. The van der Waals surface area contributed by atoms with Gasteiger partial charge in [0.25, 0.3) is 0 Å². The normalized spacial score (nSPS) is 13.6. The molecule has 7 heteroatoms. The minimum Gasteiger partial charge on any atom is -0.297 e. The Labute approximate surface area is 137 Å². The van der Waals surface area contributed by atoms with E-state index in [-0.39, 0.29) is 5.82 Å². The molecule has 2 aromatic carbocycles. The van der Waals surface area contributed by atoms with Crippen molar-refractivity contribution in [2.75, 3.05) is 12.0 Å². The van der Waals surface area contributed by atoms with E-state index in [0.717, 1.165) is 22.2 Å². The van der Waals surface area contributed by atoms with Crippen molar-refractivity contribution in [1.82, 2.24) is 14.8 Å². The average Bonchev–Trinajstić information content (AvgIpc) is 2.98. The highest BCUT2D eigenvalue weighted by Gasteiger charge is 2.07. The maximum absolute atomic E-state index is 13.3. The van der Waals surface area contributed by atoms with Crippen LogP contribution in [0.3, 0.4) is 0 Å². The first-order valence-electron chi connectivity index (χ1n) is 7.56. The number of nitrogens with zero attached hydrogens (tertiary/aromatic N) is 5. The molecule has 0 bridgehead atoms. The molecule has 6 nitrogen and oxygen atoms in total. The number of hydrogen-bond donors (Lipinski definition) is 1. The van der Waals surface area contributed by atoms with E-state index in [1.165, 1.54) is 12.1 Å². The van der Waals surface area contributed by atoms with Gasteiger partial charge in [0.2, 0.25) is 0 Å². The van der Waals surface area contributed by atoms with Crippen LogP contribution in [0.25, 0.3) is 10.9 Å². The van der Waals surface area contributed by atoms with Crippen LogP contribution in [0.4, 0.5) is 10.1 Å². The van der Waals surface area contributed by atoms with Crippen LogP contribution in [-0.4, -0.2) is 33.9 Å². The van der Waals surface area contributed by atoms with Crippen LogP contribution in [0, 0.1) is 5.82 Å². The molecule has 0 fully saturated rings. The molecule has 0 spiro atoms. The van der Waals surface area contributed by atoms with Crippen molar-refractivity contribution >= 4 is 29.1 Å². The third-order valence-corrected chi connectivity index (χ3v) is 3.75. The third-order valence-electron chi connectivity index (χ3n) is 3.75. The van der Waals surface area contributed by atoms with Crippen LogP contribution >= 0.6 is 0 Å². The Balaban J connectivity index is 1.56. The summed E-state index contributed by atoms with van der Waals surface area (Å²) in [6, 6.07) is 12.6. The lowest BCUT2D eigenvalue weighted by molar-refractivity contribution is 0.580. The first-order chi connectivity index (χ1) is 11.8. The van der Waals surface area contributed by atoms with Crippen LogP contribution in [0.2, 0.25) is 0 Å². The van der Waals surface area contributed by atoms with Crippen molar-refractivity contribution in [2.24, 2.45) is 10.2 Å². The standard InChI is InChI=1S/C17H15FN6/c18-15-3-1-2-13(8-15)11-24-17-5-4-16(9-14(17)10-21-24)22-23-7-6-19-20-12-23/h1-6,8-10,12,22H,7,11H2. The molecule has 4 rings (SSSR count). The fourth-order valence-electron chi connectivity index (χ4n) is 2.64. The Morgan fingerprint density at radius 2 is 2.08 bits per heavy atom. The lowest BCUT2D eigenvalue weighted by Gasteiger charge is -2.20. The van der Waals surface area contributed by atoms with Gasteiger partial charge in [-0.25, -0.2) is 4.39 Å². The van der Waals surface area contributed by atoms with Gasteiger partial charge >= 0.3 is 0 Å². The number of rotatable bonds is 4. The number of halogens is 1. The lowest BCUT2D eigenvalue weighted by Crippen LogP contribution is -2.31. The number of anilines is 1. The van der Waals surface area contributed by atoms with Crippen LogP contribution < -0.4 is 5.43 Å². The second kappa shape index (κ2) is 6.11. The zero-order valence-electron chi connectivity index (χ0n) is 12.8. The zero-order valence-corrected chi connectivity index (χ0v) is 12.8. The van der Waals surface area contributed by atoms with E-state index in [1.54, 1.807) is 18.6 Å². The highest BCUT2D eigenvalue weighted by atomic mass is 19.1. The number of fused-ring (bicyclic) bond motifs is 1. The molecule has 0 amide bonds. The monoisotopic (exact) mass is 322 g/mol. The minimum atomic E-state index is -0.234. The van der Waals surface area contributed by atoms with E-state index in [1.807, 2.05) is 40.2 Å². The fraction of sp³-hybridized carbons (Fsp3) is 0.118. The number of aromatic nitrogens is 2. The van der Waals surface area contributed by atoms with E-state index in [4.69, 9.17) is 0 Å². The van der Waals surface area contributed by atoms with Crippen LogP contribution in [-0.2, 0) is 6.54 Å². The third kappa shape index (κ3) is 2.96. The minimum absolute atomic E-state index is 0.234. The highest BCUT2D eigenvalue weighted by molar-refractivity contribution is 5.83. The second-order valence-electron chi connectivity index (χ2n) is 5.50. The molecule has 1 aromatic heterocycles. The summed E-state index contributed by atoms with van der Waals surface area (Å²) < 4.78 is 15.2. The van der Waals surface area contributed by atoms with E-state index < -0.39 is 0 Å². The molecule has 2 heterocycles. The summed E-state index contributed by atoms with van der Waals surface area (Å²) in [7, 11) is 0. The van der Waals surface area contributed by atoms with Crippen molar-refractivity contribution < 1.29 is 4.39 Å². The van der Waals surface area contributed by atoms with Gasteiger partial charge in [-0.1, -0.05) is 12.1 Å². The smallest absolute Gasteiger partial charge is 0.132 e. The fourth-order valence-corrected chi connectivity index (χ4v) is 2.64. The van der Waals surface area contributed by atoms with Gasteiger partial charge in [-0.2, -0.15) is 10.2 Å². The van der Waals surface area contributed by atoms with Crippen molar-refractivity contribution in [2.45, 2.75) is 6.54 Å². The molecule has 1 aliphatic rings. The number of nitrogens with one attached hydrogen (secondary N) is 1. The Morgan fingerprint density at radius 3 is 2.92 bits per heavy atom. The van der Waals surface area contributed by atoms with Crippen molar-refractivity contribution in [3.8, 4) is 0 Å². The molecule has 0 saturated carbocycles. The van der Waals surface area contributed by atoms with Crippen molar-refractivity contribution in [3.05, 3.63) is 60.0 Å². The lowest BCUT2D eigenvalue weighted by atomic mass is 10.2. The van der Waals surface area contributed by atoms with Gasteiger partial charge in [0, 0.05) is 11.6 Å². The molecular formula is C17H15FN6. The Hall–Kier alpha value is -3.22. The van der Waals surface area contributed by atoms with Gasteiger partial charge in [0.05, 0.1) is 30.5 Å². The maximum atomic E-state index is 13.3. The zero-order chi connectivity index (χ0) is 16.4. The van der Waals surface area contributed by atoms with Crippen molar-refractivity contribution in [1.29, 1.82) is 0 Å². The molecule has 0 radical (unpaired) electrons. The molecule has 1 aliphatic heterocycles. The highest BCUT2D eigenvalue weighted by Crippen LogP contribution is 2.20. The summed E-state index contributed by atoms with van der Waals surface area (Å²) in [6.07, 6.45) is 5.17. The second-order valence-corrected chi connectivity index (χ2v) is 5.50. The predicted molar refractivity (Wildman–Crippen MR) is 92.5 cm³/mol. The molecule has 0 saturated heterocycles. The summed E-state index contributed by atoms with van der Waals surface area (Å²) in [5.41, 5.74) is 6.06. The van der Waals surface area contributed by atoms with Gasteiger partial charge in [-0.15, -0.1) is 5.10 Å². The van der Waals surface area contributed by atoms with E-state index in [9.17, 15) is 4.39 Å². The van der Waals surface area contributed by atoms with E-state index >= 15 is 0 Å². The van der Waals surface area contributed by atoms with Gasteiger partial charge in [-0.3, -0.25) is 15.1 Å². The van der Waals surface area contributed by atoms with Crippen LogP contribution in [0.1, 0.15) is 5.56 Å². The first kappa shape index (κ1) is 14.4. The summed E-state index contributed by atoms with van der Waals surface area (Å²) in [4.78, 5) is 0. The Bertz CT molecular complexity index is 930. The van der Waals surface area contributed by atoms with Gasteiger partial charge in [-0.05, 0) is 35.9 Å². The summed E-state index contributed by atoms with van der Waals surface area (Å²) in [5, 5.41) is 14.9. The molecule has 120 valence electrons. The van der Waals surface area contributed by atoms with Crippen molar-refractivity contribution in [3.63, 3.8) is 0 Å². The topological polar surface area (TPSA) is 57.8 Å². The SMILES string of the molecule is Fc1cccc(Cn2ncc3cc(NN4C=NN=CC4)ccc32)c1.